The zero-order valence-corrected chi connectivity index (χ0v) is 11.9. The lowest BCUT2D eigenvalue weighted by Crippen LogP contribution is -2.22. The van der Waals surface area contributed by atoms with E-state index in [1.807, 2.05) is 0 Å². The van der Waals surface area contributed by atoms with Gasteiger partial charge >= 0.3 is 0 Å². The van der Waals surface area contributed by atoms with E-state index in [4.69, 9.17) is 10.7 Å². The molecule has 0 heterocycles. The first-order chi connectivity index (χ1) is 8.55. The number of rotatable bonds is 3. The number of carbonyl (C=O) groups excluding carboxylic acids is 1. The minimum atomic E-state index is -4.17. The van der Waals surface area contributed by atoms with Gasteiger partial charge in [0, 0.05) is 42.0 Å². The highest BCUT2D eigenvalue weighted by Crippen LogP contribution is 2.29. The second-order valence-corrected chi connectivity index (χ2v) is 6.55. The van der Waals surface area contributed by atoms with Crippen LogP contribution in [0.4, 0.5) is 5.69 Å². The molecule has 1 aromatic rings. The van der Waals surface area contributed by atoms with Crippen molar-refractivity contribution < 1.29 is 18.1 Å². The summed E-state index contributed by atoms with van der Waals surface area (Å²) in [6, 6.07) is 2.07. The SMILES string of the molecule is Cc1c([N+](=O)[O-])cc(C(=O)N(C)C)cc1S(=O)(=O)Cl. The normalized spacial score (nSPS) is 11.2. The fourth-order valence-electron chi connectivity index (χ4n) is 1.50. The summed E-state index contributed by atoms with van der Waals surface area (Å²) in [7, 11) is 3.94. The van der Waals surface area contributed by atoms with Gasteiger partial charge in [0.15, 0.2) is 0 Å². The molecule has 0 atom stereocenters. The standard InChI is InChI=1S/C10H11ClN2O5S/c1-6-8(13(15)16)4-7(10(14)12(2)3)5-9(6)19(11,17)18/h4-5H,1-3H3. The first-order valence-electron chi connectivity index (χ1n) is 5.01. The average Bonchev–Trinajstić information content (AvgIpc) is 2.26. The first kappa shape index (κ1) is 15.4. The topological polar surface area (TPSA) is 97.6 Å². The van der Waals surface area contributed by atoms with Crippen molar-refractivity contribution in [2.75, 3.05) is 14.1 Å². The van der Waals surface area contributed by atoms with Gasteiger partial charge < -0.3 is 4.90 Å². The van der Waals surface area contributed by atoms with Gasteiger partial charge in [-0.3, -0.25) is 14.9 Å². The Bertz CT molecular complexity index is 654. The minimum absolute atomic E-state index is 0.102. The average molecular weight is 307 g/mol. The van der Waals surface area contributed by atoms with Gasteiger partial charge in [-0.1, -0.05) is 0 Å². The lowest BCUT2D eigenvalue weighted by atomic mass is 10.1. The second kappa shape index (κ2) is 5.14. The maximum absolute atomic E-state index is 11.8. The molecule has 0 N–H and O–H groups in total. The van der Waals surface area contributed by atoms with Crippen LogP contribution in [0.3, 0.4) is 0 Å². The van der Waals surface area contributed by atoms with Crippen LogP contribution >= 0.6 is 10.7 Å². The van der Waals surface area contributed by atoms with E-state index >= 15 is 0 Å². The summed E-state index contributed by atoms with van der Waals surface area (Å²) < 4.78 is 22.8. The molecular formula is C10H11ClN2O5S. The number of hydrogen-bond donors (Lipinski definition) is 0. The molecule has 7 nitrogen and oxygen atoms in total. The molecule has 0 fully saturated rings. The molecule has 9 heteroatoms. The lowest BCUT2D eigenvalue weighted by molar-refractivity contribution is -0.385. The highest BCUT2D eigenvalue weighted by Gasteiger charge is 2.25. The quantitative estimate of drug-likeness (QED) is 0.479. The highest BCUT2D eigenvalue weighted by molar-refractivity contribution is 8.13. The molecule has 1 aromatic carbocycles. The smallest absolute Gasteiger partial charge is 0.274 e. The van der Waals surface area contributed by atoms with E-state index in [-0.39, 0.29) is 11.1 Å². The maximum atomic E-state index is 11.8. The van der Waals surface area contributed by atoms with Crippen molar-refractivity contribution in [2.45, 2.75) is 11.8 Å². The van der Waals surface area contributed by atoms with Crippen molar-refractivity contribution in [1.82, 2.24) is 4.90 Å². The van der Waals surface area contributed by atoms with Gasteiger partial charge in [-0.05, 0) is 13.0 Å². The molecule has 0 saturated heterocycles. The molecule has 0 aliphatic rings. The third-order valence-corrected chi connectivity index (χ3v) is 3.89. The summed E-state index contributed by atoms with van der Waals surface area (Å²) in [4.78, 5) is 22.6. The van der Waals surface area contributed by atoms with Crippen molar-refractivity contribution in [1.29, 1.82) is 0 Å². The number of benzene rings is 1. The molecule has 0 aliphatic heterocycles. The number of nitro benzene ring substituents is 1. The minimum Gasteiger partial charge on any atom is -0.345 e. The van der Waals surface area contributed by atoms with Crippen molar-refractivity contribution in [3.05, 3.63) is 33.4 Å². The monoisotopic (exact) mass is 306 g/mol. The summed E-state index contributed by atoms with van der Waals surface area (Å²) in [6.07, 6.45) is 0. The van der Waals surface area contributed by atoms with Crippen LogP contribution in [0.5, 0.6) is 0 Å². The van der Waals surface area contributed by atoms with Gasteiger partial charge in [-0.25, -0.2) is 8.42 Å². The number of amides is 1. The molecular weight excluding hydrogens is 296 g/mol. The molecule has 0 bridgehead atoms. The maximum Gasteiger partial charge on any atom is 0.274 e. The van der Waals surface area contributed by atoms with E-state index in [2.05, 4.69) is 0 Å². The van der Waals surface area contributed by atoms with Crippen LogP contribution in [0, 0.1) is 17.0 Å². The van der Waals surface area contributed by atoms with E-state index in [0.717, 1.165) is 12.1 Å². The van der Waals surface area contributed by atoms with Crippen LogP contribution in [0.15, 0.2) is 17.0 Å². The first-order valence-corrected chi connectivity index (χ1v) is 7.32. The molecule has 1 amide bonds. The van der Waals surface area contributed by atoms with Gasteiger partial charge in [0.2, 0.25) is 0 Å². The molecule has 0 radical (unpaired) electrons. The Labute approximate surface area is 114 Å². The molecule has 1 rings (SSSR count). The molecule has 0 spiro atoms. The van der Waals surface area contributed by atoms with E-state index in [0.29, 0.717) is 0 Å². The number of carbonyl (C=O) groups is 1. The van der Waals surface area contributed by atoms with Crippen LogP contribution in [-0.4, -0.2) is 38.2 Å². The van der Waals surface area contributed by atoms with Crippen LogP contribution in [0.25, 0.3) is 0 Å². The van der Waals surface area contributed by atoms with Crippen LogP contribution in [-0.2, 0) is 9.05 Å². The van der Waals surface area contributed by atoms with Crippen LogP contribution in [0.1, 0.15) is 15.9 Å². The predicted octanol–water partition coefficient (Wildman–Crippen LogP) is 1.53. The fourth-order valence-corrected chi connectivity index (χ4v) is 2.72. The summed E-state index contributed by atoms with van der Waals surface area (Å²) in [5.41, 5.74) is -0.677. The lowest BCUT2D eigenvalue weighted by Gasteiger charge is -2.12. The Balaban J connectivity index is 3.68. The Morgan fingerprint density at radius 3 is 2.26 bits per heavy atom. The third kappa shape index (κ3) is 3.21. The van der Waals surface area contributed by atoms with E-state index in [1.54, 1.807) is 0 Å². The van der Waals surface area contributed by atoms with E-state index in [9.17, 15) is 23.3 Å². The van der Waals surface area contributed by atoms with Gasteiger partial charge in [0.1, 0.15) is 0 Å². The Kier molecular flexibility index (Phi) is 4.16. The number of halogens is 1. The molecule has 0 aliphatic carbocycles. The second-order valence-electron chi connectivity index (χ2n) is 4.01. The van der Waals surface area contributed by atoms with Crippen molar-refractivity contribution >= 4 is 31.3 Å². The molecule has 0 saturated carbocycles. The van der Waals surface area contributed by atoms with Gasteiger partial charge in [0.05, 0.1) is 9.82 Å². The van der Waals surface area contributed by atoms with E-state index in [1.165, 1.54) is 25.9 Å². The fraction of sp³-hybridized carbons (Fsp3) is 0.300. The molecule has 0 aromatic heterocycles. The number of nitrogens with zero attached hydrogens (tertiary/aromatic N) is 2. The Morgan fingerprint density at radius 1 is 1.37 bits per heavy atom. The zero-order valence-electron chi connectivity index (χ0n) is 10.4. The predicted molar refractivity (Wildman–Crippen MR) is 68.9 cm³/mol. The zero-order chi connectivity index (χ0) is 15.0. The summed E-state index contributed by atoms with van der Waals surface area (Å²) in [5, 5.41) is 10.9. The van der Waals surface area contributed by atoms with Gasteiger partial charge in [-0.15, -0.1) is 0 Å². The molecule has 0 unspecified atom stereocenters. The van der Waals surface area contributed by atoms with Crippen molar-refractivity contribution in [3.63, 3.8) is 0 Å². The Hall–Kier alpha value is -1.67. The van der Waals surface area contributed by atoms with Gasteiger partial charge in [0.25, 0.3) is 20.6 Å². The molecule has 104 valence electrons. The largest absolute Gasteiger partial charge is 0.345 e. The number of nitro groups is 1. The summed E-state index contributed by atoms with van der Waals surface area (Å²) in [6.45, 7) is 1.26. The molecule has 19 heavy (non-hydrogen) atoms. The van der Waals surface area contributed by atoms with Crippen LogP contribution < -0.4 is 0 Å². The van der Waals surface area contributed by atoms with E-state index < -0.39 is 30.5 Å². The van der Waals surface area contributed by atoms with Crippen molar-refractivity contribution in [2.24, 2.45) is 0 Å². The summed E-state index contributed by atoms with van der Waals surface area (Å²) >= 11 is 0. The highest BCUT2D eigenvalue weighted by atomic mass is 35.7. The Morgan fingerprint density at radius 2 is 1.89 bits per heavy atom. The van der Waals surface area contributed by atoms with Gasteiger partial charge in [-0.2, -0.15) is 0 Å². The third-order valence-electron chi connectivity index (χ3n) is 2.45. The van der Waals surface area contributed by atoms with Crippen LogP contribution in [0.2, 0.25) is 0 Å². The summed E-state index contributed by atoms with van der Waals surface area (Å²) in [5.74, 6) is -0.551. The number of hydrogen-bond acceptors (Lipinski definition) is 5. The van der Waals surface area contributed by atoms with Crippen molar-refractivity contribution in [3.8, 4) is 0 Å².